The van der Waals surface area contributed by atoms with Crippen LogP contribution in [0, 0.1) is 0 Å². The summed E-state index contributed by atoms with van der Waals surface area (Å²) in [5, 5.41) is 46.6. The number of aliphatic hydroxyl groups excluding tert-OH is 5. The van der Waals surface area contributed by atoms with Gasteiger partial charge in [-0.25, -0.2) is 4.79 Å². The molecule has 9 heteroatoms. The molecule has 2 rings (SSSR count). The molecule has 0 aromatic carbocycles. The molecule has 0 aliphatic carbocycles. The standard InChI is InChI=1S/C10H14O9/c11-3-1-17-10(8(15)5(3)12)18-2-4-6(13)7(14)9(16)19-4/h3-5,8,10-15H,1-2H2/t3-,4-,5+,8-,10-/m1/s1. The summed E-state index contributed by atoms with van der Waals surface area (Å²) >= 11 is 0. The van der Waals surface area contributed by atoms with Gasteiger partial charge in [-0.1, -0.05) is 0 Å². The Morgan fingerprint density at radius 3 is 2.47 bits per heavy atom. The number of aliphatic hydroxyl groups is 5. The van der Waals surface area contributed by atoms with Gasteiger partial charge in [-0.15, -0.1) is 0 Å². The number of cyclic esters (lactones) is 1. The largest absolute Gasteiger partial charge is 0.505 e. The first kappa shape index (κ1) is 14.0. The molecule has 108 valence electrons. The van der Waals surface area contributed by atoms with E-state index in [-0.39, 0.29) is 13.2 Å². The van der Waals surface area contributed by atoms with Crippen LogP contribution in [0.5, 0.6) is 0 Å². The highest BCUT2D eigenvalue weighted by atomic mass is 16.7. The van der Waals surface area contributed by atoms with Gasteiger partial charge in [-0.05, 0) is 0 Å². The van der Waals surface area contributed by atoms with Gasteiger partial charge in [-0.3, -0.25) is 0 Å². The number of hydrogen-bond acceptors (Lipinski definition) is 9. The Morgan fingerprint density at radius 2 is 1.89 bits per heavy atom. The van der Waals surface area contributed by atoms with E-state index in [1.54, 1.807) is 0 Å². The molecule has 19 heavy (non-hydrogen) atoms. The molecule has 0 unspecified atom stereocenters. The fourth-order valence-electron chi connectivity index (χ4n) is 1.72. The van der Waals surface area contributed by atoms with Crippen LogP contribution >= 0.6 is 0 Å². The monoisotopic (exact) mass is 278 g/mol. The van der Waals surface area contributed by atoms with Crippen molar-refractivity contribution in [2.24, 2.45) is 0 Å². The number of esters is 1. The van der Waals surface area contributed by atoms with Gasteiger partial charge in [-0.2, -0.15) is 0 Å². The maximum Gasteiger partial charge on any atom is 0.377 e. The molecule has 0 bridgehead atoms. The minimum absolute atomic E-state index is 0.236. The van der Waals surface area contributed by atoms with Crippen LogP contribution in [-0.2, 0) is 19.0 Å². The van der Waals surface area contributed by atoms with E-state index in [0.717, 1.165) is 0 Å². The van der Waals surface area contributed by atoms with Gasteiger partial charge >= 0.3 is 5.97 Å². The third-order valence-electron chi connectivity index (χ3n) is 2.86. The van der Waals surface area contributed by atoms with Crippen LogP contribution in [0.15, 0.2) is 11.5 Å². The van der Waals surface area contributed by atoms with Crippen molar-refractivity contribution in [2.75, 3.05) is 13.2 Å². The van der Waals surface area contributed by atoms with Crippen molar-refractivity contribution in [1.82, 2.24) is 0 Å². The molecule has 0 spiro atoms. The molecular weight excluding hydrogens is 264 g/mol. The minimum Gasteiger partial charge on any atom is -0.505 e. The number of carbonyl (C=O) groups excluding carboxylic acids is 1. The van der Waals surface area contributed by atoms with Crippen LogP contribution in [0.4, 0.5) is 0 Å². The lowest BCUT2D eigenvalue weighted by molar-refractivity contribution is -0.274. The lowest BCUT2D eigenvalue weighted by Gasteiger charge is -2.35. The van der Waals surface area contributed by atoms with Gasteiger partial charge in [0.1, 0.15) is 18.3 Å². The number of ether oxygens (including phenoxy) is 3. The highest BCUT2D eigenvalue weighted by Gasteiger charge is 2.40. The molecule has 2 heterocycles. The lowest BCUT2D eigenvalue weighted by Crippen LogP contribution is -2.54. The molecule has 1 fully saturated rings. The summed E-state index contributed by atoms with van der Waals surface area (Å²) in [6.07, 6.45) is -6.58. The molecular formula is C10H14O9. The Kier molecular flexibility index (Phi) is 3.92. The molecule has 5 atom stereocenters. The molecule has 5 N–H and O–H groups in total. The maximum atomic E-state index is 10.9. The second-order valence-electron chi connectivity index (χ2n) is 4.21. The predicted molar refractivity (Wildman–Crippen MR) is 55.9 cm³/mol. The Morgan fingerprint density at radius 1 is 1.21 bits per heavy atom. The van der Waals surface area contributed by atoms with Gasteiger partial charge in [0.15, 0.2) is 18.2 Å². The van der Waals surface area contributed by atoms with E-state index in [0.29, 0.717) is 0 Å². The molecule has 0 amide bonds. The van der Waals surface area contributed by atoms with Gasteiger partial charge in [0.25, 0.3) is 0 Å². The summed E-state index contributed by atoms with van der Waals surface area (Å²) in [4.78, 5) is 10.9. The topological polar surface area (TPSA) is 146 Å². The van der Waals surface area contributed by atoms with Crippen molar-refractivity contribution in [3.8, 4) is 0 Å². The van der Waals surface area contributed by atoms with E-state index in [2.05, 4.69) is 4.74 Å². The number of carbonyl (C=O) groups is 1. The molecule has 2 aliphatic rings. The normalized spacial score (nSPS) is 39.5. The SMILES string of the molecule is O=C1O[C@H](CO[C@H]2OC[C@@H](O)[C@H](O)[C@H]2O)C(O)=C1O. The summed E-state index contributed by atoms with van der Waals surface area (Å²) < 4.78 is 14.6. The van der Waals surface area contributed by atoms with E-state index in [1.165, 1.54) is 0 Å². The summed E-state index contributed by atoms with van der Waals surface area (Å²) in [5.74, 6) is -2.64. The molecule has 2 aliphatic heterocycles. The van der Waals surface area contributed by atoms with E-state index >= 15 is 0 Å². The molecule has 0 saturated carbocycles. The van der Waals surface area contributed by atoms with Gasteiger partial charge in [0.05, 0.1) is 13.2 Å². The predicted octanol–water partition coefficient (Wildman–Crippen LogP) is -2.30. The molecule has 1 saturated heterocycles. The molecule has 0 aromatic rings. The zero-order chi connectivity index (χ0) is 14.2. The summed E-state index contributed by atoms with van der Waals surface area (Å²) in [6, 6.07) is 0. The average molecular weight is 278 g/mol. The Bertz CT molecular complexity index is 392. The first-order valence-corrected chi connectivity index (χ1v) is 5.52. The second kappa shape index (κ2) is 5.31. The summed E-state index contributed by atoms with van der Waals surface area (Å²) in [6.45, 7) is -0.618. The van der Waals surface area contributed by atoms with Crippen molar-refractivity contribution >= 4 is 5.97 Å². The number of hydrogen-bond donors (Lipinski definition) is 5. The smallest absolute Gasteiger partial charge is 0.377 e. The van der Waals surface area contributed by atoms with Gasteiger partial charge in [0.2, 0.25) is 5.76 Å². The molecule has 0 aromatic heterocycles. The van der Waals surface area contributed by atoms with Crippen molar-refractivity contribution in [3.05, 3.63) is 11.5 Å². The van der Waals surface area contributed by atoms with Crippen molar-refractivity contribution in [3.63, 3.8) is 0 Å². The summed E-state index contributed by atoms with van der Waals surface area (Å²) in [5.41, 5.74) is 0. The van der Waals surface area contributed by atoms with E-state index in [4.69, 9.17) is 14.6 Å². The average Bonchev–Trinajstić information content (AvgIpc) is 2.63. The zero-order valence-electron chi connectivity index (χ0n) is 9.67. The Labute approximate surface area is 107 Å². The fourth-order valence-corrected chi connectivity index (χ4v) is 1.72. The van der Waals surface area contributed by atoms with Crippen LogP contribution < -0.4 is 0 Å². The van der Waals surface area contributed by atoms with Gasteiger partial charge < -0.3 is 39.7 Å². The van der Waals surface area contributed by atoms with Crippen LogP contribution in [0.2, 0.25) is 0 Å². The molecule has 0 radical (unpaired) electrons. The molecule has 9 nitrogen and oxygen atoms in total. The first-order valence-electron chi connectivity index (χ1n) is 5.52. The van der Waals surface area contributed by atoms with Crippen LogP contribution in [0.3, 0.4) is 0 Å². The Balaban J connectivity index is 1.88. The van der Waals surface area contributed by atoms with Crippen LogP contribution in [0.1, 0.15) is 0 Å². The highest BCUT2D eigenvalue weighted by Crippen LogP contribution is 2.21. The zero-order valence-corrected chi connectivity index (χ0v) is 9.67. The third-order valence-corrected chi connectivity index (χ3v) is 2.86. The lowest BCUT2D eigenvalue weighted by atomic mass is 10.1. The minimum atomic E-state index is -1.49. The second-order valence-corrected chi connectivity index (χ2v) is 4.21. The van der Waals surface area contributed by atoms with Crippen LogP contribution in [0.25, 0.3) is 0 Å². The maximum absolute atomic E-state index is 10.9. The first-order chi connectivity index (χ1) is 8.91. The Hall–Kier alpha value is -1.39. The summed E-state index contributed by atoms with van der Waals surface area (Å²) in [7, 11) is 0. The van der Waals surface area contributed by atoms with Gasteiger partial charge in [0, 0.05) is 0 Å². The number of rotatable bonds is 3. The van der Waals surface area contributed by atoms with Crippen molar-refractivity contribution in [1.29, 1.82) is 0 Å². The van der Waals surface area contributed by atoms with E-state index < -0.39 is 48.2 Å². The third kappa shape index (κ3) is 2.65. The quantitative estimate of drug-likeness (QED) is 0.359. The van der Waals surface area contributed by atoms with E-state index in [9.17, 15) is 25.2 Å². The fraction of sp³-hybridized carbons (Fsp3) is 0.700. The van der Waals surface area contributed by atoms with E-state index in [1.807, 2.05) is 0 Å². The van der Waals surface area contributed by atoms with Crippen LogP contribution in [-0.4, -0.2) is 75.4 Å². The van der Waals surface area contributed by atoms with Crippen molar-refractivity contribution < 1.29 is 44.5 Å². The van der Waals surface area contributed by atoms with Crippen molar-refractivity contribution in [2.45, 2.75) is 30.7 Å². The highest BCUT2D eigenvalue weighted by molar-refractivity contribution is 5.89.